The Morgan fingerprint density at radius 3 is 2.71 bits per heavy atom. The zero-order chi connectivity index (χ0) is 12.7. The smallest absolute Gasteiger partial charge is 0.407 e. The first-order valence-corrected chi connectivity index (χ1v) is 6.16. The maximum Gasteiger partial charge on any atom is 0.407 e. The summed E-state index contributed by atoms with van der Waals surface area (Å²) in [6, 6.07) is 0. The van der Waals surface area contributed by atoms with E-state index >= 15 is 0 Å². The zero-order valence-corrected chi connectivity index (χ0v) is 10.7. The van der Waals surface area contributed by atoms with E-state index in [1.165, 1.54) is 0 Å². The van der Waals surface area contributed by atoms with Crippen molar-refractivity contribution < 1.29 is 14.6 Å². The number of amides is 1. The highest BCUT2D eigenvalue weighted by atomic mass is 16.6. The fraction of sp³-hybridized carbons (Fsp3) is 0.769. The van der Waals surface area contributed by atoms with Gasteiger partial charge in [-0.05, 0) is 39.5 Å². The number of aliphatic hydroxyl groups is 1. The van der Waals surface area contributed by atoms with Crippen LogP contribution < -0.4 is 5.32 Å². The Morgan fingerprint density at radius 2 is 2.24 bits per heavy atom. The predicted octanol–water partition coefficient (Wildman–Crippen LogP) is 1.84. The van der Waals surface area contributed by atoms with Crippen molar-refractivity contribution in [2.24, 2.45) is 11.8 Å². The van der Waals surface area contributed by atoms with Crippen LogP contribution in [0.2, 0.25) is 0 Å². The second-order valence-corrected chi connectivity index (χ2v) is 6.15. The number of nitrogens with one attached hydrogen (secondary N) is 1. The first-order chi connectivity index (χ1) is 7.78. The molecular weight excluding hydrogens is 218 g/mol. The van der Waals surface area contributed by atoms with Gasteiger partial charge < -0.3 is 15.2 Å². The molecule has 4 heteroatoms. The molecule has 0 saturated heterocycles. The van der Waals surface area contributed by atoms with Gasteiger partial charge in [0, 0.05) is 5.92 Å². The minimum atomic E-state index is -0.781. The summed E-state index contributed by atoms with van der Waals surface area (Å²) < 4.78 is 5.14. The van der Waals surface area contributed by atoms with Crippen LogP contribution in [0.4, 0.5) is 4.79 Å². The van der Waals surface area contributed by atoms with Crippen LogP contribution in [0, 0.1) is 11.8 Å². The summed E-state index contributed by atoms with van der Waals surface area (Å²) in [4.78, 5) is 11.5. The second-order valence-electron chi connectivity index (χ2n) is 6.15. The van der Waals surface area contributed by atoms with Crippen molar-refractivity contribution in [3.05, 3.63) is 12.2 Å². The van der Waals surface area contributed by atoms with Crippen LogP contribution in [0.3, 0.4) is 0 Å². The van der Waals surface area contributed by atoms with Gasteiger partial charge in [0.15, 0.2) is 0 Å². The lowest BCUT2D eigenvalue weighted by atomic mass is 9.88. The zero-order valence-electron chi connectivity index (χ0n) is 10.7. The molecule has 0 aliphatic heterocycles. The van der Waals surface area contributed by atoms with Gasteiger partial charge in [0.25, 0.3) is 0 Å². The van der Waals surface area contributed by atoms with Gasteiger partial charge in [-0.2, -0.15) is 0 Å². The lowest BCUT2D eigenvalue weighted by Crippen LogP contribution is -2.47. The second kappa shape index (κ2) is 4.02. The van der Waals surface area contributed by atoms with Crippen LogP contribution in [0.15, 0.2) is 12.2 Å². The maximum atomic E-state index is 11.5. The number of allylic oxidation sites excluding steroid dienone is 1. The topological polar surface area (TPSA) is 58.6 Å². The molecule has 96 valence electrons. The lowest BCUT2D eigenvalue weighted by Gasteiger charge is -2.30. The van der Waals surface area contributed by atoms with Crippen LogP contribution >= 0.6 is 0 Å². The fourth-order valence-corrected chi connectivity index (χ4v) is 2.67. The Morgan fingerprint density at radius 1 is 1.53 bits per heavy atom. The molecule has 1 fully saturated rings. The monoisotopic (exact) mass is 239 g/mol. The molecule has 3 atom stereocenters. The Balaban J connectivity index is 1.83. The molecule has 4 nitrogen and oxygen atoms in total. The number of rotatable bonds is 2. The van der Waals surface area contributed by atoms with Gasteiger partial charge in [-0.1, -0.05) is 12.2 Å². The fourth-order valence-electron chi connectivity index (χ4n) is 2.67. The molecule has 0 unspecified atom stereocenters. The number of alkyl carbamates (subject to hydrolysis) is 1. The molecular formula is C13H21NO3. The largest absolute Gasteiger partial charge is 0.444 e. The summed E-state index contributed by atoms with van der Waals surface area (Å²) in [5.74, 6) is 0.660. The quantitative estimate of drug-likeness (QED) is 0.723. The molecule has 2 rings (SSSR count). The molecule has 0 aromatic rings. The maximum absolute atomic E-state index is 11.5. The Labute approximate surface area is 102 Å². The van der Waals surface area contributed by atoms with Gasteiger partial charge in [-0.15, -0.1) is 0 Å². The van der Waals surface area contributed by atoms with E-state index in [9.17, 15) is 9.90 Å². The minimum absolute atomic E-state index is 0.183. The van der Waals surface area contributed by atoms with Crippen molar-refractivity contribution in [2.45, 2.75) is 44.8 Å². The van der Waals surface area contributed by atoms with Gasteiger partial charge in [0.1, 0.15) is 5.60 Å². The standard InChI is InChI=1S/C13H21NO3/c1-12(2,3)17-11(15)14-8-13(16)7-9-4-5-10(13)6-9/h4-5,9-10,16H,6-8H2,1-3H3,(H,14,15)/t9-,10+,13-/m0/s1. The molecule has 2 aliphatic rings. The molecule has 2 N–H and O–H groups in total. The number of hydrogen-bond donors (Lipinski definition) is 2. The molecule has 0 aromatic carbocycles. The van der Waals surface area contributed by atoms with E-state index in [4.69, 9.17) is 4.74 Å². The van der Waals surface area contributed by atoms with Gasteiger partial charge in [0.05, 0.1) is 12.1 Å². The third-order valence-corrected chi connectivity index (χ3v) is 3.42. The Kier molecular flexibility index (Phi) is 2.94. The first-order valence-electron chi connectivity index (χ1n) is 6.16. The summed E-state index contributed by atoms with van der Waals surface area (Å²) in [5.41, 5.74) is -1.28. The minimum Gasteiger partial charge on any atom is -0.444 e. The molecule has 0 radical (unpaired) electrons. The first kappa shape index (κ1) is 12.4. The number of carbonyl (C=O) groups excluding carboxylic acids is 1. The van der Waals surface area contributed by atoms with Gasteiger partial charge in [0.2, 0.25) is 0 Å². The predicted molar refractivity (Wildman–Crippen MR) is 64.5 cm³/mol. The SMILES string of the molecule is CC(C)(C)OC(=O)NC[C@@]1(O)C[C@H]2C=C[C@@H]1C2. The molecule has 1 amide bonds. The highest BCUT2D eigenvalue weighted by molar-refractivity contribution is 5.67. The summed E-state index contributed by atoms with van der Waals surface area (Å²) in [5, 5.41) is 13.1. The number of ether oxygens (including phenoxy) is 1. The van der Waals surface area contributed by atoms with Crippen molar-refractivity contribution in [1.82, 2.24) is 5.32 Å². The van der Waals surface area contributed by atoms with E-state index in [0.29, 0.717) is 5.92 Å². The van der Waals surface area contributed by atoms with Crippen molar-refractivity contribution in [3.63, 3.8) is 0 Å². The van der Waals surface area contributed by atoms with Gasteiger partial charge in [-0.25, -0.2) is 4.79 Å². The van der Waals surface area contributed by atoms with Crippen molar-refractivity contribution in [3.8, 4) is 0 Å². The molecule has 0 spiro atoms. The van der Waals surface area contributed by atoms with Crippen LogP contribution in [0.1, 0.15) is 33.6 Å². The molecule has 0 aromatic heterocycles. The lowest BCUT2D eigenvalue weighted by molar-refractivity contribution is 0.00692. The molecule has 0 heterocycles. The van der Waals surface area contributed by atoms with Crippen LogP contribution in [0.25, 0.3) is 0 Å². The summed E-state index contributed by atoms with van der Waals surface area (Å²) >= 11 is 0. The van der Waals surface area contributed by atoms with Gasteiger partial charge in [-0.3, -0.25) is 0 Å². The van der Waals surface area contributed by atoms with Crippen LogP contribution in [-0.2, 0) is 4.74 Å². The molecule has 2 aliphatic carbocycles. The van der Waals surface area contributed by atoms with Crippen LogP contribution in [0.5, 0.6) is 0 Å². The summed E-state index contributed by atoms with van der Waals surface area (Å²) in [6.07, 6.45) is 5.51. The highest BCUT2D eigenvalue weighted by Gasteiger charge is 2.47. The highest BCUT2D eigenvalue weighted by Crippen LogP contribution is 2.45. The van der Waals surface area contributed by atoms with Crippen LogP contribution in [-0.4, -0.2) is 28.9 Å². The number of fused-ring (bicyclic) bond motifs is 2. The molecule has 2 bridgehead atoms. The Hall–Kier alpha value is -1.03. The molecule has 1 saturated carbocycles. The normalized spacial score (nSPS) is 35.1. The summed E-state index contributed by atoms with van der Waals surface area (Å²) in [6.45, 7) is 5.73. The molecule has 17 heavy (non-hydrogen) atoms. The van der Waals surface area contributed by atoms with E-state index in [1.54, 1.807) is 0 Å². The number of carbonyl (C=O) groups is 1. The van der Waals surface area contributed by atoms with Crippen molar-refractivity contribution in [1.29, 1.82) is 0 Å². The number of hydrogen-bond acceptors (Lipinski definition) is 3. The third-order valence-electron chi connectivity index (χ3n) is 3.42. The third kappa shape index (κ3) is 2.80. The Bertz CT molecular complexity index is 345. The average Bonchev–Trinajstić information content (AvgIpc) is 2.72. The van der Waals surface area contributed by atoms with E-state index in [2.05, 4.69) is 17.5 Å². The van der Waals surface area contributed by atoms with Gasteiger partial charge >= 0.3 is 6.09 Å². The van der Waals surface area contributed by atoms with E-state index in [0.717, 1.165) is 12.8 Å². The average molecular weight is 239 g/mol. The summed E-state index contributed by atoms with van der Waals surface area (Å²) in [7, 11) is 0. The van der Waals surface area contributed by atoms with E-state index in [1.807, 2.05) is 20.8 Å². The van der Waals surface area contributed by atoms with Crippen molar-refractivity contribution >= 4 is 6.09 Å². The van der Waals surface area contributed by atoms with E-state index in [-0.39, 0.29) is 12.5 Å². The van der Waals surface area contributed by atoms with Crippen molar-refractivity contribution in [2.75, 3.05) is 6.54 Å². The van der Waals surface area contributed by atoms with E-state index < -0.39 is 17.3 Å².